The molecule has 1 heterocycles. The minimum absolute atomic E-state index is 0.108. The number of aromatic nitrogens is 1. The van der Waals surface area contributed by atoms with Crippen LogP contribution in [0.25, 0.3) is 0 Å². The lowest BCUT2D eigenvalue weighted by atomic mass is 10.2. The van der Waals surface area contributed by atoms with Crippen molar-refractivity contribution < 1.29 is 19.2 Å². The van der Waals surface area contributed by atoms with Gasteiger partial charge in [-0.25, -0.2) is 4.98 Å². The average molecular weight is 407 g/mol. The molecule has 0 atom stereocenters. The van der Waals surface area contributed by atoms with Gasteiger partial charge in [-0.1, -0.05) is 11.8 Å². The van der Waals surface area contributed by atoms with Crippen LogP contribution < -0.4 is 5.32 Å². The zero-order valence-corrected chi connectivity index (χ0v) is 16.1. The summed E-state index contributed by atoms with van der Waals surface area (Å²) >= 11 is 2.57. The van der Waals surface area contributed by atoms with E-state index in [1.54, 1.807) is 0 Å². The molecule has 0 unspecified atom stereocenters. The van der Waals surface area contributed by atoms with Crippen molar-refractivity contribution in [2.24, 2.45) is 5.92 Å². The summed E-state index contributed by atoms with van der Waals surface area (Å²) in [5, 5.41) is 15.7. The molecule has 0 radical (unpaired) electrons. The van der Waals surface area contributed by atoms with Gasteiger partial charge in [0.05, 0.1) is 16.4 Å². The molecule has 0 saturated heterocycles. The van der Waals surface area contributed by atoms with Gasteiger partial charge in [0.1, 0.15) is 6.54 Å². The number of carbonyl (C=O) groups is 2. The number of thiazole rings is 1. The lowest BCUT2D eigenvalue weighted by molar-refractivity contribution is -0.387. The van der Waals surface area contributed by atoms with Crippen LogP contribution in [0.15, 0.2) is 32.8 Å². The zero-order valence-electron chi connectivity index (χ0n) is 14.5. The normalized spacial score (nSPS) is 13.2. The number of esters is 1. The Balaban J connectivity index is 1.64. The van der Waals surface area contributed by atoms with E-state index in [9.17, 15) is 19.7 Å². The highest BCUT2D eigenvalue weighted by molar-refractivity contribution is 8.01. The van der Waals surface area contributed by atoms with Gasteiger partial charge < -0.3 is 10.1 Å². The van der Waals surface area contributed by atoms with E-state index in [1.165, 1.54) is 41.3 Å². The van der Waals surface area contributed by atoms with Gasteiger partial charge >= 0.3 is 5.97 Å². The number of aryl methyl sites for hydroxylation is 1. The van der Waals surface area contributed by atoms with Crippen LogP contribution in [0.5, 0.6) is 0 Å². The first-order valence-corrected chi connectivity index (χ1v) is 9.94. The van der Waals surface area contributed by atoms with Crippen molar-refractivity contribution in [3.05, 3.63) is 45.0 Å². The first-order chi connectivity index (χ1) is 12.9. The third-order valence-electron chi connectivity index (χ3n) is 3.78. The number of carbonyl (C=O) groups excluding carboxylic acids is 2. The fraction of sp³-hybridized carbons (Fsp3) is 0.353. The molecular formula is C17H17N3O5S2. The van der Waals surface area contributed by atoms with E-state index in [4.69, 9.17) is 4.74 Å². The third-order valence-corrected chi connectivity index (χ3v) is 5.90. The monoisotopic (exact) mass is 407 g/mol. The topological polar surface area (TPSA) is 111 Å². The number of ether oxygens (including phenoxy) is 1. The number of hydrogen-bond donors (Lipinski definition) is 1. The molecule has 0 bridgehead atoms. The number of hydrogen-bond acceptors (Lipinski definition) is 8. The number of benzene rings is 1. The zero-order chi connectivity index (χ0) is 19.4. The van der Waals surface area contributed by atoms with Crippen LogP contribution in [0.1, 0.15) is 28.9 Å². The highest BCUT2D eigenvalue weighted by Crippen LogP contribution is 2.36. The second kappa shape index (κ2) is 8.49. The Morgan fingerprint density at radius 3 is 2.85 bits per heavy atom. The lowest BCUT2D eigenvalue weighted by Crippen LogP contribution is -2.31. The van der Waals surface area contributed by atoms with Crippen molar-refractivity contribution in [3.63, 3.8) is 0 Å². The molecule has 27 heavy (non-hydrogen) atoms. The highest BCUT2D eigenvalue weighted by Gasteiger charge is 2.23. The number of nitrogens with zero attached hydrogens (tertiary/aromatic N) is 2. The van der Waals surface area contributed by atoms with Gasteiger partial charge in [-0.2, -0.15) is 0 Å². The summed E-state index contributed by atoms with van der Waals surface area (Å²) in [6.07, 6.45) is 2.13. The van der Waals surface area contributed by atoms with Gasteiger partial charge in [0.15, 0.2) is 4.34 Å². The molecule has 10 heteroatoms. The van der Waals surface area contributed by atoms with E-state index in [2.05, 4.69) is 10.3 Å². The quantitative estimate of drug-likeness (QED) is 0.406. The molecule has 0 spiro atoms. The first kappa shape index (κ1) is 19.3. The Morgan fingerprint density at radius 1 is 1.44 bits per heavy atom. The van der Waals surface area contributed by atoms with Crippen molar-refractivity contribution in [3.8, 4) is 0 Å². The molecule has 1 aliphatic rings. The number of nitro groups is 1. The molecule has 1 N–H and O–H groups in total. The van der Waals surface area contributed by atoms with Crippen molar-refractivity contribution in [1.29, 1.82) is 0 Å². The predicted molar refractivity (Wildman–Crippen MR) is 100 cm³/mol. The molecule has 142 valence electrons. The number of nitro benzene ring substituents is 1. The second-order valence-corrected chi connectivity index (χ2v) is 8.25. The van der Waals surface area contributed by atoms with E-state index in [0.29, 0.717) is 21.8 Å². The fourth-order valence-electron chi connectivity index (χ4n) is 2.16. The SMILES string of the molecule is Cc1csc(Sc2ccc(C(=O)NCC(=O)OCC3CC3)cc2[N+](=O)[O-])n1. The van der Waals surface area contributed by atoms with Crippen LogP contribution in [0.4, 0.5) is 5.69 Å². The Bertz CT molecular complexity index is 879. The van der Waals surface area contributed by atoms with E-state index >= 15 is 0 Å². The van der Waals surface area contributed by atoms with Crippen molar-refractivity contribution in [1.82, 2.24) is 10.3 Å². The molecule has 1 aromatic carbocycles. The molecule has 8 nitrogen and oxygen atoms in total. The van der Waals surface area contributed by atoms with E-state index in [1.807, 2.05) is 12.3 Å². The maximum Gasteiger partial charge on any atom is 0.325 e. The standard InChI is InChI=1S/C17H17N3O5S2/c1-10-9-26-17(19-10)27-14-5-4-12(6-13(14)20(23)24)16(22)18-7-15(21)25-8-11-2-3-11/h4-6,9,11H,2-3,7-8H2,1H3,(H,18,22). The first-order valence-electron chi connectivity index (χ1n) is 8.24. The lowest BCUT2D eigenvalue weighted by Gasteiger charge is -2.07. The molecule has 1 aliphatic carbocycles. The minimum Gasteiger partial charge on any atom is -0.464 e. The Kier molecular flexibility index (Phi) is 6.07. The molecule has 3 rings (SSSR count). The van der Waals surface area contributed by atoms with Gasteiger partial charge in [-0.05, 0) is 37.8 Å². The van der Waals surface area contributed by atoms with Gasteiger partial charge in [0.25, 0.3) is 11.6 Å². The van der Waals surface area contributed by atoms with Crippen molar-refractivity contribution in [2.75, 3.05) is 13.2 Å². The predicted octanol–water partition coefficient (Wildman–Crippen LogP) is 3.19. The number of nitrogens with one attached hydrogen (secondary N) is 1. The smallest absolute Gasteiger partial charge is 0.325 e. The van der Waals surface area contributed by atoms with Gasteiger partial charge in [-0.15, -0.1) is 11.3 Å². The maximum absolute atomic E-state index is 12.2. The van der Waals surface area contributed by atoms with Crippen LogP contribution in [0, 0.1) is 23.0 Å². The van der Waals surface area contributed by atoms with E-state index in [-0.39, 0.29) is 17.8 Å². The molecule has 0 aliphatic heterocycles. The maximum atomic E-state index is 12.2. The Hall–Kier alpha value is -2.46. The van der Waals surface area contributed by atoms with Crippen LogP contribution in [-0.2, 0) is 9.53 Å². The van der Waals surface area contributed by atoms with Gasteiger partial charge in [0.2, 0.25) is 0 Å². The molecule has 1 saturated carbocycles. The van der Waals surface area contributed by atoms with Crippen LogP contribution in [0.3, 0.4) is 0 Å². The molecule has 1 aromatic heterocycles. The highest BCUT2D eigenvalue weighted by atomic mass is 32.2. The summed E-state index contributed by atoms with van der Waals surface area (Å²) in [5.41, 5.74) is 0.767. The van der Waals surface area contributed by atoms with Crippen LogP contribution >= 0.6 is 23.1 Å². The summed E-state index contributed by atoms with van der Waals surface area (Å²) in [6, 6.07) is 4.20. The minimum atomic E-state index is -0.567. The Labute approximate surface area is 163 Å². The summed E-state index contributed by atoms with van der Waals surface area (Å²) < 4.78 is 5.72. The third kappa shape index (κ3) is 5.51. The molecule has 1 fully saturated rings. The van der Waals surface area contributed by atoms with Gasteiger partial charge in [-0.3, -0.25) is 19.7 Å². The van der Waals surface area contributed by atoms with Crippen molar-refractivity contribution >= 4 is 40.7 Å². The van der Waals surface area contributed by atoms with Crippen LogP contribution in [-0.4, -0.2) is 34.9 Å². The Morgan fingerprint density at radius 2 is 2.22 bits per heavy atom. The largest absolute Gasteiger partial charge is 0.464 e. The molecule has 1 amide bonds. The van der Waals surface area contributed by atoms with E-state index < -0.39 is 16.8 Å². The average Bonchev–Trinajstić information content (AvgIpc) is 3.39. The van der Waals surface area contributed by atoms with Crippen LogP contribution in [0.2, 0.25) is 0 Å². The molecular weight excluding hydrogens is 390 g/mol. The molecule has 2 aromatic rings. The number of amides is 1. The summed E-state index contributed by atoms with van der Waals surface area (Å²) in [6.45, 7) is 1.95. The summed E-state index contributed by atoms with van der Waals surface area (Å²) in [7, 11) is 0. The fourth-order valence-corrected chi connectivity index (χ4v) is 4.04. The summed E-state index contributed by atoms with van der Waals surface area (Å²) in [5.74, 6) is -0.641. The van der Waals surface area contributed by atoms with E-state index in [0.717, 1.165) is 18.5 Å². The second-order valence-electron chi connectivity index (χ2n) is 6.11. The van der Waals surface area contributed by atoms with Crippen molar-refractivity contribution in [2.45, 2.75) is 29.0 Å². The number of rotatable bonds is 8. The van der Waals surface area contributed by atoms with Gasteiger partial charge in [0, 0.05) is 22.7 Å². The summed E-state index contributed by atoms with van der Waals surface area (Å²) in [4.78, 5) is 39.3.